The molecule has 0 heterocycles. The maximum Gasteiger partial charge on any atom is 0.0130 e. The quantitative estimate of drug-likeness (QED) is 0.802. The minimum atomic E-state index is 0.196. The first-order valence-corrected chi connectivity index (χ1v) is 7.00. The Balaban J connectivity index is 2.50. The van der Waals surface area contributed by atoms with Crippen molar-refractivity contribution in [2.45, 2.75) is 59.4 Å². The Kier molecular flexibility index (Phi) is 4.98. The third-order valence-corrected chi connectivity index (χ3v) is 3.23. The third kappa shape index (κ3) is 5.68. The zero-order valence-corrected chi connectivity index (χ0v) is 12.9. The van der Waals surface area contributed by atoms with Crippen LogP contribution in [0.1, 0.15) is 59.4 Å². The molecule has 0 aliphatic carbocycles. The van der Waals surface area contributed by atoms with E-state index >= 15 is 0 Å². The smallest absolute Gasteiger partial charge is 0.0130 e. The fourth-order valence-electron chi connectivity index (χ4n) is 2.72. The summed E-state index contributed by atoms with van der Waals surface area (Å²) < 4.78 is 0. The van der Waals surface area contributed by atoms with Crippen LogP contribution in [0.2, 0.25) is 0 Å². The Labute approximate surface area is 113 Å². The van der Waals surface area contributed by atoms with Crippen molar-refractivity contribution in [3.05, 3.63) is 35.9 Å². The van der Waals surface area contributed by atoms with E-state index in [2.05, 4.69) is 77.2 Å². The minimum Gasteiger partial charge on any atom is -0.311 e. The molecule has 0 saturated carbocycles. The van der Waals surface area contributed by atoms with E-state index in [1.807, 2.05) is 0 Å². The van der Waals surface area contributed by atoms with Gasteiger partial charge in [-0.2, -0.15) is 0 Å². The van der Waals surface area contributed by atoms with Gasteiger partial charge >= 0.3 is 0 Å². The van der Waals surface area contributed by atoms with Gasteiger partial charge in [0.25, 0.3) is 0 Å². The van der Waals surface area contributed by atoms with Gasteiger partial charge in [-0.15, -0.1) is 0 Å². The van der Waals surface area contributed by atoms with E-state index in [0.29, 0.717) is 11.3 Å². The Morgan fingerprint density at radius 1 is 1.00 bits per heavy atom. The van der Waals surface area contributed by atoms with Crippen LogP contribution in [0.25, 0.3) is 0 Å². The van der Waals surface area contributed by atoms with Gasteiger partial charge in [0.15, 0.2) is 0 Å². The van der Waals surface area contributed by atoms with Gasteiger partial charge in [0.05, 0.1) is 0 Å². The highest BCUT2D eigenvalue weighted by atomic mass is 15.0. The molecule has 0 aromatic heterocycles. The second-order valence-corrected chi connectivity index (χ2v) is 7.31. The summed E-state index contributed by atoms with van der Waals surface area (Å²) in [5.41, 5.74) is 1.98. The molecule has 1 N–H and O–H groups in total. The largest absolute Gasteiger partial charge is 0.311 e. The Hall–Kier alpha value is -0.820. The van der Waals surface area contributed by atoms with Crippen LogP contribution < -0.4 is 5.32 Å². The summed E-state index contributed by atoms with van der Waals surface area (Å²) >= 11 is 0. The van der Waals surface area contributed by atoms with Crippen molar-refractivity contribution in [1.29, 1.82) is 0 Å². The lowest BCUT2D eigenvalue weighted by Gasteiger charge is -2.34. The van der Waals surface area contributed by atoms with Crippen molar-refractivity contribution in [1.82, 2.24) is 5.32 Å². The van der Waals surface area contributed by atoms with Crippen molar-refractivity contribution in [2.75, 3.05) is 6.54 Å². The molecule has 0 aliphatic rings. The highest BCUT2D eigenvalue weighted by molar-refractivity contribution is 5.19. The second-order valence-electron chi connectivity index (χ2n) is 7.31. The standard InChI is InChI=1S/C17H29N/c1-14(15-10-8-7-9-11-15)12-18-17(5,6)13-16(2,3)4/h7-11,14,18H,12-13H2,1-6H3. The van der Waals surface area contributed by atoms with E-state index in [-0.39, 0.29) is 5.54 Å². The second kappa shape index (κ2) is 5.88. The molecule has 1 aromatic carbocycles. The van der Waals surface area contributed by atoms with Crippen LogP contribution in [0.5, 0.6) is 0 Å². The Bertz CT molecular complexity index is 346. The van der Waals surface area contributed by atoms with Crippen LogP contribution in [0.15, 0.2) is 30.3 Å². The first kappa shape index (κ1) is 15.2. The fourth-order valence-corrected chi connectivity index (χ4v) is 2.72. The topological polar surface area (TPSA) is 12.0 Å². The molecule has 0 saturated heterocycles. The molecule has 0 aliphatic heterocycles. The van der Waals surface area contributed by atoms with Gasteiger partial charge in [-0.05, 0) is 37.2 Å². The molecule has 1 unspecified atom stereocenters. The Morgan fingerprint density at radius 2 is 1.56 bits per heavy atom. The van der Waals surface area contributed by atoms with E-state index in [1.165, 1.54) is 12.0 Å². The molecule has 0 spiro atoms. The fraction of sp³-hybridized carbons (Fsp3) is 0.647. The summed E-state index contributed by atoms with van der Waals surface area (Å²) in [5, 5.41) is 3.71. The predicted molar refractivity (Wildman–Crippen MR) is 81.0 cm³/mol. The summed E-state index contributed by atoms with van der Waals surface area (Å²) in [4.78, 5) is 0. The first-order chi connectivity index (χ1) is 8.20. The average molecular weight is 247 g/mol. The maximum absolute atomic E-state index is 3.71. The summed E-state index contributed by atoms with van der Waals surface area (Å²) in [6, 6.07) is 10.7. The third-order valence-electron chi connectivity index (χ3n) is 3.23. The van der Waals surface area contributed by atoms with Gasteiger partial charge in [0.1, 0.15) is 0 Å². The zero-order valence-electron chi connectivity index (χ0n) is 12.9. The van der Waals surface area contributed by atoms with Crippen LogP contribution in [0.4, 0.5) is 0 Å². The molecular formula is C17H29N. The summed E-state index contributed by atoms with van der Waals surface area (Å²) in [6.45, 7) is 14.8. The van der Waals surface area contributed by atoms with Crippen molar-refractivity contribution < 1.29 is 0 Å². The van der Waals surface area contributed by atoms with Crippen molar-refractivity contribution in [2.24, 2.45) is 5.41 Å². The van der Waals surface area contributed by atoms with E-state index in [9.17, 15) is 0 Å². The molecule has 0 bridgehead atoms. The summed E-state index contributed by atoms with van der Waals surface area (Å²) in [6.07, 6.45) is 1.18. The van der Waals surface area contributed by atoms with E-state index in [1.54, 1.807) is 0 Å². The normalized spacial score (nSPS) is 14.6. The Morgan fingerprint density at radius 3 is 2.06 bits per heavy atom. The van der Waals surface area contributed by atoms with Gasteiger partial charge in [-0.3, -0.25) is 0 Å². The van der Waals surface area contributed by atoms with Crippen molar-refractivity contribution >= 4 is 0 Å². The molecule has 1 rings (SSSR count). The lowest BCUT2D eigenvalue weighted by atomic mass is 9.81. The van der Waals surface area contributed by atoms with Gasteiger partial charge in [0, 0.05) is 12.1 Å². The molecule has 0 amide bonds. The lowest BCUT2D eigenvalue weighted by Crippen LogP contribution is -2.43. The maximum atomic E-state index is 3.71. The highest BCUT2D eigenvalue weighted by Crippen LogP contribution is 2.27. The van der Waals surface area contributed by atoms with Crippen LogP contribution >= 0.6 is 0 Å². The van der Waals surface area contributed by atoms with E-state index in [4.69, 9.17) is 0 Å². The molecule has 0 radical (unpaired) electrons. The number of hydrogen-bond acceptors (Lipinski definition) is 1. The summed E-state index contributed by atoms with van der Waals surface area (Å²) in [7, 11) is 0. The molecular weight excluding hydrogens is 218 g/mol. The molecule has 102 valence electrons. The van der Waals surface area contributed by atoms with Crippen LogP contribution in [0.3, 0.4) is 0 Å². The van der Waals surface area contributed by atoms with Crippen molar-refractivity contribution in [3.8, 4) is 0 Å². The van der Waals surface area contributed by atoms with Gasteiger partial charge in [0.2, 0.25) is 0 Å². The molecule has 1 atom stereocenters. The molecule has 0 fully saturated rings. The number of nitrogens with one attached hydrogen (secondary N) is 1. The van der Waals surface area contributed by atoms with Gasteiger partial charge < -0.3 is 5.32 Å². The minimum absolute atomic E-state index is 0.196. The molecule has 1 aromatic rings. The number of rotatable bonds is 5. The number of hydrogen-bond donors (Lipinski definition) is 1. The highest BCUT2D eigenvalue weighted by Gasteiger charge is 2.25. The summed E-state index contributed by atoms with van der Waals surface area (Å²) in [5.74, 6) is 0.561. The predicted octanol–water partition coefficient (Wildman–Crippen LogP) is 4.59. The van der Waals surface area contributed by atoms with E-state index < -0.39 is 0 Å². The van der Waals surface area contributed by atoms with Gasteiger partial charge in [-0.25, -0.2) is 0 Å². The lowest BCUT2D eigenvalue weighted by molar-refractivity contribution is 0.240. The van der Waals surface area contributed by atoms with Crippen LogP contribution in [-0.2, 0) is 0 Å². The first-order valence-electron chi connectivity index (χ1n) is 7.00. The average Bonchev–Trinajstić information content (AvgIpc) is 2.24. The number of benzene rings is 1. The molecule has 1 heteroatoms. The SMILES string of the molecule is CC(CNC(C)(C)CC(C)(C)C)c1ccccc1. The van der Waals surface area contributed by atoms with Crippen LogP contribution in [-0.4, -0.2) is 12.1 Å². The molecule has 18 heavy (non-hydrogen) atoms. The van der Waals surface area contributed by atoms with E-state index in [0.717, 1.165) is 6.54 Å². The van der Waals surface area contributed by atoms with Gasteiger partial charge in [-0.1, -0.05) is 58.0 Å². The van der Waals surface area contributed by atoms with Crippen LogP contribution in [0, 0.1) is 5.41 Å². The van der Waals surface area contributed by atoms with Crippen molar-refractivity contribution in [3.63, 3.8) is 0 Å². The molecule has 1 nitrogen and oxygen atoms in total. The monoisotopic (exact) mass is 247 g/mol. The zero-order chi connectivity index (χ0) is 13.8.